The Morgan fingerprint density at radius 3 is 2.47 bits per heavy atom. The summed E-state index contributed by atoms with van der Waals surface area (Å²) in [6.07, 6.45) is 5.52. The Morgan fingerprint density at radius 1 is 0.938 bits per heavy atom. The lowest BCUT2D eigenvalue weighted by Gasteiger charge is -2.13. The van der Waals surface area contributed by atoms with Crippen LogP contribution in [0.3, 0.4) is 0 Å². The van der Waals surface area contributed by atoms with Crippen molar-refractivity contribution in [3.8, 4) is 28.4 Å². The zero-order chi connectivity index (χ0) is 22.1. The maximum absolute atomic E-state index is 5.51. The van der Waals surface area contributed by atoms with E-state index in [-0.39, 0.29) is 0 Å². The maximum Gasteiger partial charge on any atom is 0.150 e. The van der Waals surface area contributed by atoms with Gasteiger partial charge in [0.1, 0.15) is 22.9 Å². The molecule has 166 valence electrons. The first-order valence-electron chi connectivity index (χ1n) is 10.9. The standard InChI is InChI=1S/C25H28N4O3/c1-30-18-9-7-17(8-10-18)21-16-29-25-20(21)6-4-5-13-28(25)24(27-29)15-26-22-14-19(31-2)11-12-23(22)32-3/h7-12,14,16,26H,4-6,13,15H2,1-3H3. The van der Waals surface area contributed by atoms with Crippen molar-refractivity contribution in [1.82, 2.24) is 14.2 Å². The summed E-state index contributed by atoms with van der Waals surface area (Å²) in [6.45, 7) is 1.57. The first-order valence-corrected chi connectivity index (χ1v) is 10.9. The van der Waals surface area contributed by atoms with Crippen LogP contribution in [0.5, 0.6) is 17.2 Å². The molecular formula is C25H28N4O3. The first kappa shape index (κ1) is 20.3. The number of hydrogen-bond acceptors (Lipinski definition) is 5. The van der Waals surface area contributed by atoms with Crippen LogP contribution in [0.2, 0.25) is 0 Å². The summed E-state index contributed by atoms with van der Waals surface area (Å²) >= 11 is 0. The molecule has 1 aliphatic heterocycles. The smallest absolute Gasteiger partial charge is 0.150 e. The van der Waals surface area contributed by atoms with Crippen molar-refractivity contribution in [3.63, 3.8) is 0 Å². The fourth-order valence-corrected chi connectivity index (χ4v) is 4.51. The normalized spacial score (nSPS) is 13.1. The van der Waals surface area contributed by atoms with Crippen LogP contribution in [0.4, 0.5) is 5.69 Å². The van der Waals surface area contributed by atoms with Gasteiger partial charge >= 0.3 is 0 Å². The first-order chi connectivity index (χ1) is 15.7. The number of aryl methyl sites for hydroxylation is 2. The molecule has 0 amide bonds. The quantitative estimate of drug-likeness (QED) is 0.456. The third-order valence-corrected chi connectivity index (χ3v) is 6.16. The van der Waals surface area contributed by atoms with E-state index in [9.17, 15) is 0 Å². The summed E-state index contributed by atoms with van der Waals surface area (Å²) in [5.41, 5.74) is 5.90. The molecule has 32 heavy (non-hydrogen) atoms. The molecule has 7 nitrogen and oxygen atoms in total. The summed E-state index contributed by atoms with van der Waals surface area (Å²) < 4.78 is 20.6. The molecule has 5 rings (SSSR count). The molecule has 1 aliphatic rings. The Hall–Kier alpha value is -3.61. The van der Waals surface area contributed by atoms with Gasteiger partial charge in [-0.05, 0) is 49.1 Å². The second kappa shape index (κ2) is 8.49. The fraction of sp³-hybridized carbons (Fsp3) is 0.320. The predicted molar refractivity (Wildman–Crippen MR) is 125 cm³/mol. The summed E-state index contributed by atoms with van der Waals surface area (Å²) in [4.78, 5) is 0. The molecule has 0 saturated heterocycles. The number of ether oxygens (including phenoxy) is 3. The minimum atomic E-state index is 0.600. The molecule has 0 saturated carbocycles. The van der Waals surface area contributed by atoms with Gasteiger partial charge in [0.25, 0.3) is 0 Å². The lowest BCUT2D eigenvalue weighted by molar-refractivity contribution is 0.404. The number of hydrogen-bond donors (Lipinski definition) is 1. The Balaban J connectivity index is 1.49. The molecule has 0 bridgehead atoms. The lowest BCUT2D eigenvalue weighted by atomic mass is 10.0. The van der Waals surface area contributed by atoms with Gasteiger partial charge in [0.15, 0.2) is 5.82 Å². The Kier molecular flexibility index (Phi) is 5.39. The Bertz CT molecular complexity index is 1240. The van der Waals surface area contributed by atoms with Gasteiger partial charge in [-0.1, -0.05) is 12.1 Å². The zero-order valence-electron chi connectivity index (χ0n) is 18.7. The highest BCUT2D eigenvalue weighted by molar-refractivity contribution is 5.75. The van der Waals surface area contributed by atoms with Gasteiger partial charge in [-0.3, -0.25) is 0 Å². The Morgan fingerprint density at radius 2 is 1.72 bits per heavy atom. The fourth-order valence-electron chi connectivity index (χ4n) is 4.51. The summed E-state index contributed by atoms with van der Waals surface area (Å²) in [5.74, 6) is 3.44. The van der Waals surface area contributed by atoms with Crippen LogP contribution < -0.4 is 19.5 Å². The molecule has 2 aromatic heterocycles. The van der Waals surface area contributed by atoms with Gasteiger partial charge in [-0.2, -0.15) is 5.10 Å². The molecule has 0 unspecified atom stereocenters. The van der Waals surface area contributed by atoms with Crippen LogP contribution in [-0.2, 0) is 19.5 Å². The molecular weight excluding hydrogens is 404 g/mol. The van der Waals surface area contributed by atoms with E-state index in [1.54, 1.807) is 21.3 Å². The van der Waals surface area contributed by atoms with Gasteiger partial charge in [-0.25, -0.2) is 4.52 Å². The summed E-state index contributed by atoms with van der Waals surface area (Å²) in [7, 11) is 5.03. The van der Waals surface area contributed by atoms with E-state index in [4.69, 9.17) is 19.3 Å². The number of nitrogens with zero attached hydrogens (tertiary/aromatic N) is 3. The molecule has 2 aromatic carbocycles. The van der Waals surface area contributed by atoms with Crippen LogP contribution in [0.25, 0.3) is 16.8 Å². The highest BCUT2D eigenvalue weighted by atomic mass is 16.5. The van der Waals surface area contributed by atoms with E-state index in [2.05, 4.69) is 28.2 Å². The molecule has 3 heterocycles. The van der Waals surface area contributed by atoms with E-state index in [0.29, 0.717) is 6.54 Å². The van der Waals surface area contributed by atoms with E-state index in [1.165, 1.54) is 28.8 Å². The summed E-state index contributed by atoms with van der Waals surface area (Å²) in [5, 5.41) is 8.43. The molecule has 7 heteroatoms. The van der Waals surface area contributed by atoms with Crippen molar-refractivity contribution in [3.05, 3.63) is 60.0 Å². The number of rotatable bonds is 7. The van der Waals surface area contributed by atoms with E-state index >= 15 is 0 Å². The second-order valence-corrected chi connectivity index (χ2v) is 7.96. The van der Waals surface area contributed by atoms with Gasteiger partial charge in [-0.15, -0.1) is 0 Å². The van der Waals surface area contributed by atoms with Crippen molar-refractivity contribution >= 4 is 11.3 Å². The summed E-state index contributed by atoms with van der Waals surface area (Å²) in [6, 6.07) is 14.0. The lowest BCUT2D eigenvalue weighted by Crippen LogP contribution is -2.09. The third kappa shape index (κ3) is 3.53. The third-order valence-electron chi connectivity index (χ3n) is 6.16. The SMILES string of the molecule is COc1ccc(-c2cn3nc(CNc4cc(OC)ccc4OC)n4c3c2CCCC4)cc1. The van der Waals surface area contributed by atoms with Crippen molar-refractivity contribution in [2.24, 2.45) is 0 Å². The average Bonchev–Trinajstić information content (AvgIpc) is 3.26. The van der Waals surface area contributed by atoms with Crippen molar-refractivity contribution in [1.29, 1.82) is 0 Å². The second-order valence-electron chi connectivity index (χ2n) is 7.96. The number of aromatic nitrogens is 3. The van der Waals surface area contributed by atoms with Crippen molar-refractivity contribution in [2.75, 3.05) is 26.6 Å². The topological polar surface area (TPSA) is 62.0 Å². The molecule has 0 fully saturated rings. The maximum atomic E-state index is 5.51. The monoisotopic (exact) mass is 432 g/mol. The minimum absolute atomic E-state index is 0.600. The molecule has 0 aliphatic carbocycles. The van der Waals surface area contributed by atoms with Crippen LogP contribution >= 0.6 is 0 Å². The number of benzene rings is 2. The largest absolute Gasteiger partial charge is 0.497 e. The van der Waals surface area contributed by atoms with Crippen LogP contribution in [0.1, 0.15) is 24.2 Å². The predicted octanol–water partition coefficient (Wildman–Crippen LogP) is 4.78. The van der Waals surface area contributed by atoms with E-state index in [0.717, 1.165) is 48.1 Å². The number of methoxy groups -OCH3 is 3. The van der Waals surface area contributed by atoms with Gasteiger partial charge in [0.05, 0.1) is 33.6 Å². The van der Waals surface area contributed by atoms with Gasteiger partial charge in [0, 0.05) is 29.9 Å². The van der Waals surface area contributed by atoms with Crippen molar-refractivity contribution in [2.45, 2.75) is 32.4 Å². The van der Waals surface area contributed by atoms with Crippen LogP contribution in [0, 0.1) is 0 Å². The molecule has 0 atom stereocenters. The Labute approximate surface area is 187 Å². The van der Waals surface area contributed by atoms with Gasteiger partial charge < -0.3 is 24.1 Å². The molecule has 0 radical (unpaired) electrons. The van der Waals surface area contributed by atoms with E-state index in [1.807, 2.05) is 34.8 Å². The minimum Gasteiger partial charge on any atom is -0.497 e. The average molecular weight is 433 g/mol. The van der Waals surface area contributed by atoms with Crippen LogP contribution in [-0.4, -0.2) is 35.5 Å². The highest BCUT2D eigenvalue weighted by Crippen LogP contribution is 2.34. The molecule has 0 spiro atoms. The highest BCUT2D eigenvalue weighted by Gasteiger charge is 2.22. The van der Waals surface area contributed by atoms with Gasteiger partial charge in [0.2, 0.25) is 0 Å². The van der Waals surface area contributed by atoms with E-state index < -0.39 is 0 Å². The zero-order valence-corrected chi connectivity index (χ0v) is 18.7. The number of anilines is 1. The molecule has 4 aromatic rings. The van der Waals surface area contributed by atoms with Crippen molar-refractivity contribution < 1.29 is 14.2 Å². The van der Waals surface area contributed by atoms with Crippen LogP contribution in [0.15, 0.2) is 48.7 Å². The molecule has 1 N–H and O–H groups in total. The number of nitrogens with one attached hydrogen (secondary N) is 1.